The van der Waals surface area contributed by atoms with Crippen LogP contribution in [0.1, 0.15) is 43.3 Å². The van der Waals surface area contributed by atoms with E-state index in [0.717, 1.165) is 22.6 Å². The summed E-state index contributed by atoms with van der Waals surface area (Å²) in [6.07, 6.45) is 0. The van der Waals surface area contributed by atoms with Crippen molar-refractivity contribution >= 4 is 23.4 Å². The fraction of sp³-hybridized carbons (Fsp3) is 0.348. The first kappa shape index (κ1) is 22.7. The van der Waals surface area contributed by atoms with E-state index < -0.39 is 0 Å². The third kappa shape index (κ3) is 5.79. The Morgan fingerprint density at radius 1 is 1.13 bits per heavy atom. The second kappa shape index (κ2) is 9.43. The van der Waals surface area contributed by atoms with Gasteiger partial charge in [0.2, 0.25) is 11.1 Å². The van der Waals surface area contributed by atoms with Crippen LogP contribution in [0.15, 0.2) is 47.6 Å². The molecule has 7 nitrogen and oxygen atoms in total. The first-order valence-electron chi connectivity index (χ1n) is 10.1. The summed E-state index contributed by atoms with van der Waals surface area (Å²) in [4.78, 5) is 12.3. The number of rotatable bonds is 7. The van der Waals surface area contributed by atoms with Crippen molar-refractivity contribution in [1.82, 2.24) is 14.9 Å². The third-order valence-corrected chi connectivity index (χ3v) is 5.98. The van der Waals surface area contributed by atoms with E-state index in [9.17, 15) is 4.79 Å². The number of thioether (sulfide) groups is 1. The van der Waals surface area contributed by atoms with Gasteiger partial charge in [-0.2, -0.15) is 0 Å². The highest BCUT2D eigenvalue weighted by molar-refractivity contribution is 7.99. The van der Waals surface area contributed by atoms with Crippen LogP contribution in [0.25, 0.3) is 0 Å². The molecule has 0 unspecified atom stereocenters. The van der Waals surface area contributed by atoms with E-state index >= 15 is 0 Å². The molecule has 164 valence electrons. The molecular formula is C23H29N5O2S. The molecule has 0 fully saturated rings. The number of carbonyl (C=O) groups excluding carboxylic acids is 1. The van der Waals surface area contributed by atoms with Gasteiger partial charge in [0.15, 0.2) is 5.82 Å². The van der Waals surface area contributed by atoms with Gasteiger partial charge in [-0.05, 0) is 54.2 Å². The topological polar surface area (TPSA) is 95.1 Å². The molecule has 0 aliphatic rings. The van der Waals surface area contributed by atoms with Crippen LogP contribution in [0.4, 0.5) is 5.69 Å². The number of ether oxygens (including phenoxy) is 1. The molecule has 0 radical (unpaired) electrons. The Balaban J connectivity index is 1.54. The maximum atomic E-state index is 12.3. The van der Waals surface area contributed by atoms with Crippen molar-refractivity contribution in [2.45, 2.75) is 51.8 Å². The number of aromatic nitrogens is 3. The molecule has 1 heterocycles. The van der Waals surface area contributed by atoms with Gasteiger partial charge in [-0.1, -0.05) is 56.8 Å². The molecule has 1 aromatic heterocycles. The molecule has 0 spiro atoms. The predicted octanol–water partition coefficient (Wildman–Crippen LogP) is 4.22. The molecule has 0 atom stereocenters. The Labute approximate surface area is 187 Å². The number of hydrogen-bond acceptors (Lipinski definition) is 6. The zero-order valence-corrected chi connectivity index (χ0v) is 19.4. The van der Waals surface area contributed by atoms with Gasteiger partial charge in [0.25, 0.3) is 0 Å². The van der Waals surface area contributed by atoms with E-state index in [-0.39, 0.29) is 23.7 Å². The molecule has 8 heteroatoms. The Kier molecular flexibility index (Phi) is 6.90. The van der Waals surface area contributed by atoms with Crippen molar-refractivity contribution in [3.8, 4) is 5.75 Å². The fourth-order valence-corrected chi connectivity index (χ4v) is 3.58. The first-order valence-corrected chi connectivity index (χ1v) is 11.1. The summed E-state index contributed by atoms with van der Waals surface area (Å²) in [5.74, 6) is 7.36. The van der Waals surface area contributed by atoms with Gasteiger partial charge in [0.05, 0.1) is 5.75 Å². The second-order valence-electron chi connectivity index (χ2n) is 8.42. The highest BCUT2D eigenvalue weighted by Crippen LogP contribution is 2.25. The van der Waals surface area contributed by atoms with Crippen molar-refractivity contribution in [1.29, 1.82) is 0 Å². The summed E-state index contributed by atoms with van der Waals surface area (Å²) >= 11 is 1.23. The minimum Gasteiger partial charge on any atom is -0.486 e. The number of nitrogens with zero attached hydrogens (tertiary/aromatic N) is 3. The summed E-state index contributed by atoms with van der Waals surface area (Å²) in [6, 6.07) is 13.8. The zero-order chi connectivity index (χ0) is 22.6. The normalized spacial score (nSPS) is 11.4. The lowest BCUT2D eigenvalue weighted by Crippen LogP contribution is -2.18. The van der Waals surface area contributed by atoms with Crippen LogP contribution in [-0.4, -0.2) is 26.5 Å². The third-order valence-electron chi connectivity index (χ3n) is 5.03. The summed E-state index contributed by atoms with van der Waals surface area (Å²) in [5.41, 5.74) is 4.32. The van der Waals surface area contributed by atoms with Gasteiger partial charge in [-0.15, -0.1) is 10.2 Å². The van der Waals surface area contributed by atoms with Gasteiger partial charge in [-0.25, -0.2) is 4.68 Å². The molecular weight excluding hydrogens is 410 g/mol. The Bertz CT molecular complexity index is 1050. The number of nitrogens with one attached hydrogen (secondary N) is 1. The number of hydrogen-bond donors (Lipinski definition) is 2. The lowest BCUT2D eigenvalue weighted by molar-refractivity contribution is -0.113. The number of anilines is 1. The van der Waals surface area contributed by atoms with Crippen molar-refractivity contribution in [2.24, 2.45) is 0 Å². The highest BCUT2D eigenvalue weighted by atomic mass is 32.2. The van der Waals surface area contributed by atoms with Crippen LogP contribution >= 0.6 is 11.8 Å². The number of aryl methyl sites for hydroxylation is 1. The van der Waals surface area contributed by atoms with Crippen molar-refractivity contribution in [3.63, 3.8) is 0 Å². The van der Waals surface area contributed by atoms with Gasteiger partial charge in [0.1, 0.15) is 12.4 Å². The maximum Gasteiger partial charge on any atom is 0.234 e. The average molecular weight is 440 g/mol. The van der Waals surface area contributed by atoms with Crippen molar-refractivity contribution < 1.29 is 9.53 Å². The minimum absolute atomic E-state index is 0.0897. The number of nitrogen functional groups attached to an aromatic ring is 1. The first-order chi connectivity index (χ1) is 14.6. The number of amides is 1. The predicted molar refractivity (Wildman–Crippen MR) is 125 cm³/mol. The lowest BCUT2D eigenvalue weighted by atomic mass is 9.87. The van der Waals surface area contributed by atoms with E-state index in [1.54, 1.807) is 0 Å². The van der Waals surface area contributed by atoms with E-state index in [1.165, 1.54) is 22.0 Å². The summed E-state index contributed by atoms with van der Waals surface area (Å²) in [6.45, 7) is 10.7. The van der Waals surface area contributed by atoms with E-state index in [2.05, 4.69) is 48.4 Å². The number of benzene rings is 2. The van der Waals surface area contributed by atoms with Crippen LogP contribution in [0.3, 0.4) is 0 Å². The molecule has 0 saturated carbocycles. The molecule has 0 bridgehead atoms. The average Bonchev–Trinajstić information content (AvgIpc) is 3.07. The smallest absolute Gasteiger partial charge is 0.234 e. The van der Waals surface area contributed by atoms with Crippen molar-refractivity contribution in [3.05, 3.63) is 65.0 Å². The van der Waals surface area contributed by atoms with E-state index in [4.69, 9.17) is 10.6 Å². The van der Waals surface area contributed by atoms with Crippen LogP contribution in [-0.2, 0) is 16.8 Å². The highest BCUT2D eigenvalue weighted by Gasteiger charge is 2.15. The Morgan fingerprint density at radius 3 is 2.52 bits per heavy atom. The lowest BCUT2D eigenvalue weighted by Gasteiger charge is -2.19. The van der Waals surface area contributed by atoms with Crippen molar-refractivity contribution in [2.75, 3.05) is 16.9 Å². The molecule has 0 aliphatic carbocycles. The quantitative estimate of drug-likeness (QED) is 0.423. The van der Waals surface area contributed by atoms with Crippen LogP contribution in [0, 0.1) is 13.8 Å². The second-order valence-corrected chi connectivity index (χ2v) is 9.36. The Morgan fingerprint density at radius 2 is 1.84 bits per heavy atom. The van der Waals surface area contributed by atoms with E-state index in [0.29, 0.717) is 11.0 Å². The molecule has 3 N–H and O–H groups in total. The van der Waals surface area contributed by atoms with Gasteiger partial charge >= 0.3 is 0 Å². The zero-order valence-electron chi connectivity index (χ0n) is 18.6. The molecule has 0 aliphatic heterocycles. The standard InChI is InChI=1S/C23H29N5O2S/c1-15-7-6-8-19(16(15)2)25-21(29)14-31-22-27-26-20(28(22)24)13-30-18-11-9-17(10-12-18)23(3,4)5/h6-12H,13-14,24H2,1-5H3,(H,25,29). The molecule has 3 rings (SSSR count). The summed E-state index contributed by atoms with van der Waals surface area (Å²) in [5, 5.41) is 11.5. The maximum absolute atomic E-state index is 12.3. The molecule has 1 amide bonds. The SMILES string of the molecule is Cc1cccc(NC(=O)CSc2nnc(COc3ccc(C(C)(C)C)cc3)n2N)c1C. The number of carbonyl (C=O) groups is 1. The van der Waals surface area contributed by atoms with Crippen LogP contribution in [0.2, 0.25) is 0 Å². The molecule has 3 aromatic rings. The minimum atomic E-state index is -0.126. The van der Waals surface area contributed by atoms with E-state index in [1.807, 2.05) is 44.2 Å². The Hall–Kier alpha value is -3.00. The molecule has 31 heavy (non-hydrogen) atoms. The van der Waals surface area contributed by atoms with Crippen LogP contribution in [0.5, 0.6) is 5.75 Å². The van der Waals surface area contributed by atoms with Gasteiger partial charge in [0, 0.05) is 5.69 Å². The van der Waals surface area contributed by atoms with Crippen LogP contribution < -0.4 is 15.9 Å². The fourth-order valence-electron chi connectivity index (χ4n) is 2.91. The summed E-state index contributed by atoms with van der Waals surface area (Å²) < 4.78 is 7.15. The molecule has 0 saturated heterocycles. The van der Waals surface area contributed by atoms with Gasteiger partial charge < -0.3 is 15.9 Å². The summed E-state index contributed by atoms with van der Waals surface area (Å²) in [7, 11) is 0. The van der Waals surface area contributed by atoms with Gasteiger partial charge in [-0.3, -0.25) is 4.79 Å². The molecule has 2 aromatic carbocycles. The number of nitrogens with two attached hydrogens (primary N) is 1. The monoisotopic (exact) mass is 439 g/mol. The largest absolute Gasteiger partial charge is 0.486 e.